The predicted octanol–water partition coefficient (Wildman–Crippen LogP) is 2.70. The number of aliphatic hydroxyl groups excluding tert-OH is 1. The van der Waals surface area contributed by atoms with Gasteiger partial charge in [0.25, 0.3) is 0 Å². The molecule has 17 heavy (non-hydrogen) atoms. The summed E-state index contributed by atoms with van der Waals surface area (Å²) in [7, 11) is 0. The predicted molar refractivity (Wildman–Crippen MR) is 68.9 cm³/mol. The third-order valence-electron chi connectivity index (χ3n) is 2.31. The second-order valence-electron chi connectivity index (χ2n) is 5.86. The first kappa shape index (κ1) is 16.2. The summed E-state index contributed by atoms with van der Waals surface area (Å²) in [4.78, 5) is 11.6. The highest BCUT2D eigenvalue weighted by atomic mass is 16.6. The van der Waals surface area contributed by atoms with Crippen molar-refractivity contribution in [1.29, 1.82) is 0 Å². The molecule has 0 aliphatic carbocycles. The molecule has 0 saturated carbocycles. The maximum absolute atomic E-state index is 11.6. The first-order valence-electron chi connectivity index (χ1n) is 6.33. The third kappa shape index (κ3) is 8.02. The number of amides is 1. The van der Waals surface area contributed by atoms with Crippen LogP contribution in [-0.4, -0.2) is 28.9 Å². The zero-order chi connectivity index (χ0) is 13.6. The Morgan fingerprint density at radius 3 is 2.24 bits per heavy atom. The average Bonchev–Trinajstić information content (AvgIpc) is 2.11. The summed E-state index contributed by atoms with van der Waals surface area (Å²) in [5, 5.41) is 12.6. The van der Waals surface area contributed by atoms with E-state index in [1.165, 1.54) is 0 Å². The second-order valence-corrected chi connectivity index (χ2v) is 5.86. The van der Waals surface area contributed by atoms with Crippen LogP contribution in [0.3, 0.4) is 0 Å². The van der Waals surface area contributed by atoms with Gasteiger partial charge in [0.05, 0.1) is 12.1 Å². The van der Waals surface area contributed by atoms with Crippen molar-refractivity contribution in [2.24, 2.45) is 5.92 Å². The number of alkyl carbamates (subject to hydrolysis) is 1. The number of aliphatic hydroxyl groups is 1. The van der Waals surface area contributed by atoms with E-state index in [1.807, 2.05) is 27.7 Å². The molecule has 0 aromatic rings. The summed E-state index contributed by atoms with van der Waals surface area (Å²) in [6, 6.07) is -0.241. The van der Waals surface area contributed by atoms with E-state index < -0.39 is 17.8 Å². The zero-order valence-electron chi connectivity index (χ0n) is 11.9. The van der Waals surface area contributed by atoms with Gasteiger partial charge in [-0.25, -0.2) is 4.79 Å². The van der Waals surface area contributed by atoms with E-state index in [0.717, 1.165) is 6.42 Å². The molecule has 0 rings (SSSR count). The lowest BCUT2D eigenvalue weighted by Gasteiger charge is -2.27. The maximum atomic E-state index is 11.6. The largest absolute Gasteiger partial charge is 0.444 e. The Balaban J connectivity index is 4.37. The first-order valence-corrected chi connectivity index (χ1v) is 6.33. The Labute approximate surface area is 105 Å². The number of ether oxygens (including phenoxy) is 1. The first-order chi connectivity index (χ1) is 7.65. The molecule has 1 unspecified atom stereocenters. The Kier molecular flexibility index (Phi) is 6.53. The van der Waals surface area contributed by atoms with Crippen LogP contribution in [0.15, 0.2) is 0 Å². The Morgan fingerprint density at radius 2 is 1.88 bits per heavy atom. The highest BCUT2D eigenvalue weighted by Gasteiger charge is 2.24. The molecule has 0 aromatic heterocycles. The SMILES string of the molecule is CCC(O)[C@H](CC(C)C)NC(=O)OC(C)(C)C. The highest BCUT2D eigenvalue weighted by Crippen LogP contribution is 2.12. The van der Waals surface area contributed by atoms with Crippen molar-refractivity contribution < 1.29 is 14.6 Å². The molecule has 0 spiro atoms. The average molecular weight is 245 g/mol. The van der Waals surface area contributed by atoms with Crippen LogP contribution in [0, 0.1) is 5.92 Å². The van der Waals surface area contributed by atoms with Crippen LogP contribution >= 0.6 is 0 Å². The molecular formula is C13H27NO3. The van der Waals surface area contributed by atoms with Crippen molar-refractivity contribution in [2.75, 3.05) is 0 Å². The molecular weight excluding hydrogens is 218 g/mol. The summed E-state index contributed by atoms with van der Waals surface area (Å²) in [5.74, 6) is 0.413. The minimum Gasteiger partial charge on any atom is -0.444 e. The molecule has 2 N–H and O–H groups in total. The van der Waals surface area contributed by atoms with E-state index in [4.69, 9.17) is 4.74 Å². The lowest BCUT2D eigenvalue weighted by atomic mass is 9.98. The van der Waals surface area contributed by atoms with Crippen LogP contribution in [0.2, 0.25) is 0 Å². The van der Waals surface area contributed by atoms with Crippen molar-refractivity contribution in [2.45, 2.75) is 72.1 Å². The van der Waals surface area contributed by atoms with Gasteiger partial charge in [-0.2, -0.15) is 0 Å². The molecule has 0 aliphatic heterocycles. The van der Waals surface area contributed by atoms with Crippen molar-refractivity contribution in [3.05, 3.63) is 0 Å². The van der Waals surface area contributed by atoms with Gasteiger partial charge in [-0.3, -0.25) is 0 Å². The number of hydrogen-bond acceptors (Lipinski definition) is 3. The summed E-state index contributed by atoms with van der Waals surface area (Å²) in [6.45, 7) is 11.5. The van der Waals surface area contributed by atoms with E-state index in [0.29, 0.717) is 12.3 Å². The molecule has 0 aromatic carbocycles. The highest BCUT2D eigenvalue weighted by molar-refractivity contribution is 5.68. The summed E-state index contributed by atoms with van der Waals surface area (Å²) in [5.41, 5.74) is -0.510. The van der Waals surface area contributed by atoms with Gasteiger partial charge in [0.2, 0.25) is 0 Å². The molecule has 0 radical (unpaired) electrons. The van der Waals surface area contributed by atoms with Gasteiger partial charge in [-0.05, 0) is 39.5 Å². The number of rotatable bonds is 5. The molecule has 102 valence electrons. The molecule has 2 atom stereocenters. The Bertz CT molecular complexity index is 233. The molecule has 0 fully saturated rings. The van der Waals surface area contributed by atoms with E-state index in [1.54, 1.807) is 0 Å². The zero-order valence-corrected chi connectivity index (χ0v) is 11.9. The fourth-order valence-corrected chi connectivity index (χ4v) is 1.56. The topological polar surface area (TPSA) is 58.6 Å². The van der Waals surface area contributed by atoms with Crippen molar-refractivity contribution in [3.8, 4) is 0 Å². The van der Waals surface area contributed by atoms with Crippen LogP contribution < -0.4 is 5.32 Å². The Hall–Kier alpha value is -0.770. The minimum absolute atomic E-state index is 0.241. The minimum atomic E-state index is -0.523. The van der Waals surface area contributed by atoms with E-state index in [2.05, 4.69) is 19.2 Å². The van der Waals surface area contributed by atoms with Crippen LogP contribution in [0.1, 0.15) is 54.4 Å². The molecule has 4 nitrogen and oxygen atoms in total. The van der Waals surface area contributed by atoms with Gasteiger partial charge in [-0.15, -0.1) is 0 Å². The van der Waals surface area contributed by atoms with Gasteiger partial charge in [0.15, 0.2) is 0 Å². The number of carbonyl (C=O) groups is 1. The van der Waals surface area contributed by atoms with E-state index in [9.17, 15) is 9.90 Å². The van der Waals surface area contributed by atoms with Crippen molar-refractivity contribution in [3.63, 3.8) is 0 Å². The molecule has 0 aliphatic rings. The summed E-state index contributed by atoms with van der Waals surface area (Å²) in [6.07, 6.45) is 0.377. The van der Waals surface area contributed by atoms with Crippen molar-refractivity contribution in [1.82, 2.24) is 5.32 Å². The second kappa shape index (κ2) is 6.84. The van der Waals surface area contributed by atoms with E-state index >= 15 is 0 Å². The summed E-state index contributed by atoms with van der Waals surface area (Å²) >= 11 is 0. The standard InChI is InChI=1S/C13H27NO3/c1-7-11(15)10(8-9(2)3)14-12(16)17-13(4,5)6/h9-11,15H,7-8H2,1-6H3,(H,14,16)/t10-,11?/m0/s1. The normalized spacial score (nSPS) is 15.5. The quantitative estimate of drug-likeness (QED) is 0.783. The van der Waals surface area contributed by atoms with Gasteiger partial charge < -0.3 is 15.2 Å². The molecule has 1 amide bonds. The number of nitrogens with one attached hydrogen (secondary N) is 1. The Morgan fingerprint density at radius 1 is 1.35 bits per heavy atom. The van der Waals surface area contributed by atoms with Crippen LogP contribution in [0.4, 0.5) is 4.79 Å². The van der Waals surface area contributed by atoms with Crippen LogP contribution in [0.25, 0.3) is 0 Å². The van der Waals surface area contributed by atoms with Crippen LogP contribution in [-0.2, 0) is 4.74 Å². The fraction of sp³-hybridized carbons (Fsp3) is 0.923. The van der Waals surface area contributed by atoms with Crippen LogP contribution in [0.5, 0.6) is 0 Å². The number of hydrogen-bond donors (Lipinski definition) is 2. The monoisotopic (exact) mass is 245 g/mol. The molecule has 0 saturated heterocycles. The lowest BCUT2D eigenvalue weighted by Crippen LogP contribution is -2.45. The third-order valence-corrected chi connectivity index (χ3v) is 2.31. The van der Waals surface area contributed by atoms with Gasteiger partial charge in [-0.1, -0.05) is 20.8 Å². The molecule has 0 heterocycles. The summed E-state index contributed by atoms with van der Waals surface area (Å²) < 4.78 is 5.18. The lowest BCUT2D eigenvalue weighted by molar-refractivity contribution is 0.0399. The van der Waals surface area contributed by atoms with Crippen molar-refractivity contribution >= 4 is 6.09 Å². The van der Waals surface area contributed by atoms with Gasteiger partial charge in [0, 0.05) is 0 Å². The van der Waals surface area contributed by atoms with Gasteiger partial charge in [0.1, 0.15) is 5.60 Å². The number of carbonyl (C=O) groups excluding carboxylic acids is 1. The fourth-order valence-electron chi connectivity index (χ4n) is 1.56. The smallest absolute Gasteiger partial charge is 0.407 e. The molecule has 4 heteroatoms. The molecule has 0 bridgehead atoms. The maximum Gasteiger partial charge on any atom is 0.407 e. The van der Waals surface area contributed by atoms with Gasteiger partial charge >= 0.3 is 6.09 Å². The van der Waals surface area contributed by atoms with E-state index in [-0.39, 0.29) is 6.04 Å².